The monoisotopic (exact) mass is 420 g/mol. The highest BCUT2D eigenvalue weighted by Gasteiger charge is 2.68. The molecule has 2 bridgehead atoms. The Balaban J connectivity index is 0.00000240. The smallest absolute Gasteiger partial charge is 0.405 e. The third kappa shape index (κ3) is 3.97. The van der Waals surface area contributed by atoms with E-state index in [0.717, 1.165) is 18.8 Å². The van der Waals surface area contributed by atoms with Crippen molar-refractivity contribution in [3.63, 3.8) is 0 Å². The fourth-order valence-corrected chi connectivity index (χ4v) is 5.68. The van der Waals surface area contributed by atoms with E-state index >= 15 is 0 Å². The molecule has 1 heterocycles. The van der Waals surface area contributed by atoms with Gasteiger partial charge in [0.15, 0.2) is 0 Å². The van der Waals surface area contributed by atoms with Gasteiger partial charge in [-0.05, 0) is 55.9 Å². The first-order valence-electron chi connectivity index (χ1n) is 10.6. The third-order valence-corrected chi connectivity index (χ3v) is 7.65. The molecule has 1 saturated heterocycles. The van der Waals surface area contributed by atoms with E-state index in [0.29, 0.717) is 17.9 Å². The average Bonchev–Trinajstić information content (AvgIpc) is 3.02. The van der Waals surface area contributed by atoms with Crippen LogP contribution >= 0.6 is 12.4 Å². The molecule has 1 aromatic carbocycles. The minimum atomic E-state index is -0.518. The quantitative estimate of drug-likeness (QED) is 0.693. The van der Waals surface area contributed by atoms with Gasteiger partial charge in [-0.15, -0.1) is 12.4 Å². The van der Waals surface area contributed by atoms with Crippen molar-refractivity contribution >= 4 is 25.4 Å². The van der Waals surface area contributed by atoms with Gasteiger partial charge in [0.05, 0.1) is 17.7 Å². The number of rotatable bonds is 6. The summed E-state index contributed by atoms with van der Waals surface area (Å²) in [5, 5.41) is 2.99. The first-order chi connectivity index (χ1) is 13.2. The van der Waals surface area contributed by atoms with Crippen LogP contribution in [-0.4, -0.2) is 37.3 Å². The van der Waals surface area contributed by atoms with Crippen molar-refractivity contribution in [1.29, 1.82) is 0 Å². The summed E-state index contributed by atoms with van der Waals surface area (Å²) in [6.45, 7) is 9.18. The van der Waals surface area contributed by atoms with E-state index in [2.05, 4.69) is 38.2 Å². The highest BCUT2D eigenvalue weighted by Crippen LogP contribution is 2.66. The summed E-state index contributed by atoms with van der Waals surface area (Å²) in [6.07, 6.45) is 3.25. The van der Waals surface area contributed by atoms with Crippen LogP contribution in [-0.2, 0) is 20.5 Å². The summed E-state index contributed by atoms with van der Waals surface area (Å²) < 4.78 is 13.1. The Kier molecular flexibility index (Phi) is 6.41. The van der Waals surface area contributed by atoms with Gasteiger partial charge in [0.1, 0.15) is 0 Å². The molecule has 0 aromatic heterocycles. The van der Waals surface area contributed by atoms with Gasteiger partial charge in [0.25, 0.3) is 0 Å². The number of carbonyl (C=O) groups excluding carboxylic acids is 1. The highest BCUT2D eigenvalue weighted by atomic mass is 35.5. The van der Waals surface area contributed by atoms with Gasteiger partial charge in [0, 0.05) is 12.4 Å². The number of halogens is 1. The SMILES string of the molecule is C[C@H](N)C(=O)NC[C@H](Cc1ccccc1)B1O[C@@H]2C[C@@H]3C[C@@H](C3(C)C)[C@]2(C)O1.Cl. The predicted molar refractivity (Wildman–Crippen MR) is 118 cm³/mol. The lowest BCUT2D eigenvalue weighted by molar-refractivity contribution is -0.199. The molecule has 0 spiro atoms. The fourth-order valence-electron chi connectivity index (χ4n) is 5.68. The largest absolute Gasteiger partial charge is 0.463 e. The number of nitrogens with two attached hydrogens (primary N) is 1. The van der Waals surface area contributed by atoms with Gasteiger partial charge in [-0.25, -0.2) is 0 Å². The van der Waals surface area contributed by atoms with Crippen LogP contribution in [0.1, 0.15) is 46.1 Å². The second-order valence-corrected chi connectivity index (χ2v) is 9.82. The Labute approximate surface area is 181 Å². The van der Waals surface area contributed by atoms with Gasteiger partial charge in [-0.3, -0.25) is 4.79 Å². The molecule has 3 saturated carbocycles. The molecular weight excluding hydrogens is 387 g/mol. The molecule has 3 aliphatic carbocycles. The van der Waals surface area contributed by atoms with Crippen molar-refractivity contribution in [2.75, 3.05) is 6.54 Å². The van der Waals surface area contributed by atoms with E-state index in [4.69, 9.17) is 15.0 Å². The molecule has 1 aromatic rings. The van der Waals surface area contributed by atoms with E-state index in [1.165, 1.54) is 12.0 Å². The standard InChI is InChI=1S/C22H33BN2O3.ClH/c1-14(24)20(26)25-13-17(10-15-8-6-5-7-9-15)23-27-19-12-16-11-18(21(16,2)3)22(19,4)28-23;/h5-9,14,16-19H,10-13,24H2,1-4H3,(H,25,26);1H/t14-,16-,17-,18-,19+,22-;/m0./s1. The van der Waals surface area contributed by atoms with Crippen LogP contribution in [0.3, 0.4) is 0 Å². The maximum absolute atomic E-state index is 12.1. The van der Waals surface area contributed by atoms with Crippen LogP contribution in [0.4, 0.5) is 0 Å². The van der Waals surface area contributed by atoms with Crippen LogP contribution in [0, 0.1) is 17.3 Å². The topological polar surface area (TPSA) is 73.6 Å². The van der Waals surface area contributed by atoms with E-state index in [1.807, 2.05) is 18.2 Å². The molecule has 5 nitrogen and oxygen atoms in total. The molecule has 3 N–H and O–H groups in total. The summed E-state index contributed by atoms with van der Waals surface area (Å²) in [5.74, 6) is 1.17. The molecule has 29 heavy (non-hydrogen) atoms. The molecular formula is C22H34BClN2O3. The summed E-state index contributed by atoms with van der Waals surface area (Å²) in [5.41, 5.74) is 7.03. The van der Waals surface area contributed by atoms with Crippen molar-refractivity contribution in [1.82, 2.24) is 5.32 Å². The first-order valence-corrected chi connectivity index (χ1v) is 10.6. The first kappa shape index (κ1) is 22.6. The van der Waals surface area contributed by atoms with Crippen molar-refractivity contribution < 1.29 is 14.1 Å². The zero-order chi connectivity index (χ0) is 20.1. The van der Waals surface area contributed by atoms with Gasteiger partial charge in [-0.2, -0.15) is 0 Å². The van der Waals surface area contributed by atoms with Gasteiger partial charge >= 0.3 is 7.12 Å². The van der Waals surface area contributed by atoms with E-state index in [9.17, 15) is 4.79 Å². The Morgan fingerprint density at radius 1 is 1.28 bits per heavy atom. The van der Waals surface area contributed by atoms with E-state index < -0.39 is 6.04 Å². The lowest BCUT2D eigenvalue weighted by Crippen LogP contribution is -2.65. The Bertz CT molecular complexity index is 732. The maximum Gasteiger partial charge on any atom is 0.463 e. The number of amides is 1. The third-order valence-electron chi connectivity index (χ3n) is 7.65. The van der Waals surface area contributed by atoms with Crippen LogP contribution in [0.2, 0.25) is 5.82 Å². The van der Waals surface area contributed by atoms with Crippen LogP contribution in [0.15, 0.2) is 30.3 Å². The number of hydrogen-bond donors (Lipinski definition) is 2. The minimum Gasteiger partial charge on any atom is -0.405 e. The molecule has 6 atom stereocenters. The van der Waals surface area contributed by atoms with Crippen LogP contribution < -0.4 is 11.1 Å². The molecule has 4 fully saturated rings. The summed E-state index contributed by atoms with van der Waals surface area (Å²) >= 11 is 0. The molecule has 1 aliphatic heterocycles. The second-order valence-electron chi connectivity index (χ2n) is 9.82. The van der Waals surface area contributed by atoms with E-state index in [-0.39, 0.29) is 43.0 Å². The van der Waals surface area contributed by atoms with E-state index in [1.54, 1.807) is 6.92 Å². The molecule has 1 amide bonds. The van der Waals surface area contributed by atoms with Gasteiger partial charge in [-0.1, -0.05) is 44.2 Å². The second kappa shape index (κ2) is 8.22. The highest BCUT2D eigenvalue weighted by molar-refractivity contribution is 6.47. The van der Waals surface area contributed by atoms with Crippen LogP contribution in [0.5, 0.6) is 0 Å². The van der Waals surface area contributed by atoms with Gasteiger partial charge in [0.2, 0.25) is 5.91 Å². The number of carbonyl (C=O) groups is 1. The number of nitrogens with one attached hydrogen (secondary N) is 1. The Morgan fingerprint density at radius 2 is 1.97 bits per heavy atom. The maximum atomic E-state index is 12.1. The minimum absolute atomic E-state index is 0. The van der Waals surface area contributed by atoms with Crippen molar-refractivity contribution in [2.45, 2.75) is 70.5 Å². The molecule has 0 radical (unpaired) electrons. The van der Waals surface area contributed by atoms with Crippen molar-refractivity contribution in [3.05, 3.63) is 35.9 Å². The summed E-state index contributed by atoms with van der Waals surface area (Å²) in [4.78, 5) is 12.1. The molecule has 160 valence electrons. The summed E-state index contributed by atoms with van der Waals surface area (Å²) in [6, 6.07) is 9.82. The lowest BCUT2D eigenvalue weighted by Gasteiger charge is -2.64. The van der Waals surface area contributed by atoms with Crippen molar-refractivity contribution in [3.8, 4) is 0 Å². The Morgan fingerprint density at radius 3 is 2.59 bits per heavy atom. The Hall–Kier alpha value is -1.08. The zero-order valence-electron chi connectivity index (χ0n) is 17.9. The molecule has 4 aliphatic rings. The van der Waals surface area contributed by atoms with Crippen LogP contribution in [0.25, 0.3) is 0 Å². The summed E-state index contributed by atoms with van der Waals surface area (Å²) in [7, 11) is -0.307. The number of hydrogen-bond acceptors (Lipinski definition) is 4. The normalized spacial score (nSPS) is 33.7. The zero-order valence-corrected chi connectivity index (χ0v) is 18.7. The number of benzene rings is 1. The van der Waals surface area contributed by atoms with Crippen molar-refractivity contribution in [2.24, 2.45) is 23.0 Å². The lowest BCUT2D eigenvalue weighted by atomic mass is 9.43. The molecule has 5 rings (SSSR count). The average molecular weight is 421 g/mol. The van der Waals surface area contributed by atoms with Gasteiger partial charge < -0.3 is 20.4 Å². The molecule has 7 heteroatoms. The predicted octanol–water partition coefficient (Wildman–Crippen LogP) is 3.21. The molecule has 0 unspecified atom stereocenters. The fraction of sp³-hybridized carbons (Fsp3) is 0.682.